The summed E-state index contributed by atoms with van der Waals surface area (Å²) < 4.78 is 2.28. The zero-order chi connectivity index (χ0) is 87.3. The van der Waals surface area contributed by atoms with Crippen LogP contribution in [0.4, 0.5) is 0 Å². The molecule has 17 heteroatoms. The number of nitrogens with zero attached hydrogens (tertiary/aromatic N) is 6. The van der Waals surface area contributed by atoms with Crippen LogP contribution in [0.3, 0.4) is 0 Å². The molecule has 0 bridgehead atoms. The van der Waals surface area contributed by atoms with Crippen molar-refractivity contribution in [3.63, 3.8) is 0 Å². The molecule has 18 aromatic rings. The van der Waals surface area contributed by atoms with E-state index in [0.29, 0.717) is 0 Å². The van der Waals surface area contributed by atoms with E-state index in [1.165, 1.54) is 153 Å². The Morgan fingerprint density at radius 1 is 0.391 bits per heavy atom. The van der Waals surface area contributed by atoms with Gasteiger partial charge in [0.2, 0.25) is 0 Å². The van der Waals surface area contributed by atoms with Gasteiger partial charge in [0.15, 0.2) is 0 Å². The summed E-state index contributed by atoms with van der Waals surface area (Å²) >= 11 is 0. The number of hydrogen-bond acceptors (Lipinski definition) is 8. The van der Waals surface area contributed by atoms with Gasteiger partial charge < -0.3 is 29.7 Å². The second kappa shape index (κ2) is 48.5. The molecule has 12 nitrogen and oxygen atoms in total. The quantitative estimate of drug-likeness (QED) is 0.0439. The van der Waals surface area contributed by atoms with Crippen molar-refractivity contribution in [2.45, 2.75) is 101 Å². The van der Waals surface area contributed by atoms with Gasteiger partial charge in [-0.1, -0.05) is 215 Å². The molecule has 5 radical (unpaired) electrons. The van der Waals surface area contributed by atoms with E-state index in [1.54, 1.807) is 0 Å². The zero-order valence-corrected chi connectivity index (χ0v) is 85.3. The number of aliphatic hydroxyl groups is 3. The maximum absolute atomic E-state index is 8.40. The molecule has 128 heavy (non-hydrogen) atoms. The molecule has 6 N–H and O–H groups in total. The van der Waals surface area contributed by atoms with Crippen LogP contribution in [0.15, 0.2) is 351 Å². The summed E-state index contributed by atoms with van der Waals surface area (Å²) in [6, 6.07) is 118. The number of aliphatic hydroxyl groups excluding tert-OH is 3. The summed E-state index contributed by atoms with van der Waals surface area (Å²) in [5.41, 5.74) is 24.2. The van der Waals surface area contributed by atoms with E-state index in [4.69, 9.17) is 39.7 Å². The number of pyridine rings is 5. The van der Waals surface area contributed by atoms with Crippen molar-refractivity contribution in [3.8, 4) is 67.4 Å². The number of ketones is 3. The Morgan fingerprint density at radius 3 is 1.36 bits per heavy atom. The van der Waals surface area contributed by atoms with Gasteiger partial charge in [0.1, 0.15) is 0 Å². The number of carbonyl (C=O) groups excluding carboxylic acids is 3. The van der Waals surface area contributed by atoms with E-state index >= 15 is 0 Å². The maximum atomic E-state index is 8.40. The number of aromatic nitrogens is 6. The molecule has 0 spiro atoms. The number of benzene rings is 12. The van der Waals surface area contributed by atoms with Gasteiger partial charge in [-0.25, -0.2) is 0 Å². The van der Waals surface area contributed by atoms with E-state index in [9.17, 15) is 0 Å². The number of para-hydroxylation sites is 3. The van der Waals surface area contributed by atoms with Gasteiger partial charge in [-0.05, 0) is 159 Å². The Morgan fingerprint density at radius 2 is 0.844 bits per heavy atom. The number of allylic oxidation sites excluding steroid dienone is 6. The maximum Gasteiger partial charge on any atom is 0.316 e. The molecule has 0 aliphatic heterocycles. The topological polar surface area (TPSA) is 194 Å². The number of hydrogen-bond donors (Lipinski definition) is 3. The van der Waals surface area contributed by atoms with E-state index in [0.717, 1.165) is 72.8 Å². The van der Waals surface area contributed by atoms with Gasteiger partial charge in [0.05, 0.1) is 78.7 Å². The third kappa shape index (κ3) is 26.5. The first-order valence-electron chi connectivity index (χ1n) is 40.7. The van der Waals surface area contributed by atoms with Crippen LogP contribution >= 0.6 is 0 Å². The predicted octanol–water partition coefficient (Wildman–Crippen LogP) is 27.2. The zero-order valence-electron chi connectivity index (χ0n) is 73.3. The van der Waals surface area contributed by atoms with E-state index in [2.05, 4.69) is 262 Å². The Hall–Kier alpha value is -11.6. The second-order valence-electron chi connectivity index (χ2n) is 31.5. The van der Waals surface area contributed by atoms with Gasteiger partial charge in [-0.15, -0.1) is 167 Å². The molecule has 1 aliphatic rings. The van der Waals surface area contributed by atoms with Crippen molar-refractivity contribution in [2.75, 3.05) is 0 Å². The molecule has 19 rings (SSSR count). The van der Waals surface area contributed by atoms with Crippen molar-refractivity contribution >= 4 is 88.0 Å². The number of imidazole rings is 1. The average molecular weight is 2580 g/mol. The normalized spacial score (nSPS) is 11.4. The molecular formula is C111H100Ir5N6O6-2. The van der Waals surface area contributed by atoms with Crippen LogP contribution in [0, 0.1) is 44.2 Å². The van der Waals surface area contributed by atoms with Crippen LogP contribution < -0.4 is 0 Å². The van der Waals surface area contributed by atoms with Crippen molar-refractivity contribution in [1.82, 2.24) is 29.3 Å². The molecule has 657 valence electrons. The summed E-state index contributed by atoms with van der Waals surface area (Å²) in [4.78, 5) is 48.4. The van der Waals surface area contributed by atoms with Crippen LogP contribution in [0.2, 0.25) is 0 Å². The largest absolute Gasteiger partial charge is 0.512 e. The third-order valence-electron chi connectivity index (χ3n) is 20.5. The summed E-state index contributed by atoms with van der Waals surface area (Å²) in [7, 11) is 0. The first-order chi connectivity index (χ1) is 59.2. The van der Waals surface area contributed by atoms with Gasteiger partial charge in [-0.3, -0.25) is 29.3 Å². The molecule has 6 aromatic heterocycles. The van der Waals surface area contributed by atoms with Crippen molar-refractivity contribution in [2.24, 2.45) is 0 Å². The molecule has 12 aromatic carbocycles. The Balaban J connectivity index is 0.000000207. The standard InChI is InChI=1S/C24H18N.C23H17N2.C19H18N.2C15H10N.3C5H8O2.5Ir/c1-24(2)20-9-5-4-8-18(20)19-13-11-17(15-21(19)24)23-14-12-16-7-3-6-10-22(16)25-23;1-15-8-7-9-16(2)22(15)21-14-24-23-19-12-4-3-10-17(19)18-11-5-6-13-20(18)25(21)23;1-19(2,3)16-9-10-17-15(13-16)11-12-20-18(17)14-7-5-4-6-8-14;1-2-7-13(8-3-1)15-14-9-5-4-6-12(14)10-11-16-15;1-2-6-12(7-3-1)15-11-10-13-8-4-5-9-14(13)16-15;3*1-4(6)3-5(2)7;;;;;/h3-10,12-15H,1-2H3;3-11,13-14H,1-2H3;4-7,9-13H,1-3H3;1-7,9-11H;1-6,8-11H;3*3,6H,1-2H3;;;;;/q5*-1;;;;;;;;/p+3. The first kappa shape index (κ1) is 103. The molecule has 0 atom stereocenters. The molecule has 1 aliphatic carbocycles. The number of fused-ring (bicyclic) bond motifs is 13. The van der Waals surface area contributed by atoms with Crippen LogP contribution in [0.5, 0.6) is 0 Å². The van der Waals surface area contributed by atoms with Crippen LogP contribution in [0.1, 0.15) is 104 Å². The fourth-order valence-corrected chi connectivity index (χ4v) is 14.9. The minimum atomic E-state index is 0. The molecular weight excluding hydrogens is 2470 g/mol. The van der Waals surface area contributed by atoms with Gasteiger partial charge in [0, 0.05) is 130 Å². The van der Waals surface area contributed by atoms with E-state index < -0.39 is 0 Å². The number of aryl methyl sites for hydroxylation is 2. The van der Waals surface area contributed by atoms with Crippen molar-refractivity contribution in [3.05, 3.63) is 409 Å². The van der Waals surface area contributed by atoms with Gasteiger partial charge >= 0.3 is 17.3 Å². The molecule has 0 saturated heterocycles. The van der Waals surface area contributed by atoms with E-state index in [1.807, 2.05) is 152 Å². The van der Waals surface area contributed by atoms with Crippen LogP contribution in [-0.2, 0) is 111 Å². The monoisotopic (exact) mass is 2580 g/mol. The average Bonchev–Trinajstić information content (AvgIpc) is 1.16. The van der Waals surface area contributed by atoms with Crippen molar-refractivity contribution in [1.29, 1.82) is 0 Å². The Kier molecular flexibility index (Phi) is 39.2. The molecule has 0 fully saturated rings. The second-order valence-corrected chi connectivity index (χ2v) is 31.5. The predicted molar refractivity (Wildman–Crippen MR) is 511 cm³/mol. The molecule has 0 unspecified atom stereocenters. The fraction of sp³-hybridized carbons (Fsp3) is 0.135. The summed E-state index contributed by atoms with van der Waals surface area (Å²) in [5.74, 6) is 0.750. The minimum absolute atomic E-state index is 0. The Labute approximate surface area is 817 Å². The fourth-order valence-electron chi connectivity index (χ4n) is 14.9. The van der Waals surface area contributed by atoms with Gasteiger partial charge in [0.25, 0.3) is 0 Å². The third-order valence-corrected chi connectivity index (χ3v) is 20.5. The number of rotatable bonds is 8. The van der Waals surface area contributed by atoms with Gasteiger partial charge in [-0.2, -0.15) is 0 Å². The van der Waals surface area contributed by atoms with Crippen LogP contribution in [0.25, 0.3) is 138 Å². The smallest absolute Gasteiger partial charge is 0.316 e. The van der Waals surface area contributed by atoms with E-state index in [-0.39, 0.29) is 146 Å². The Bertz CT molecular complexity index is 6820. The minimum Gasteiger partial charge on any atom is -0.512 e. The summed E-state index contributed by atoms with van der Waals surface area (Å²) in [5, 5.41) is 35.8. The SMILES string of the molecule is CC(=[OH+])C=C(C)O.CC(=[OH+])C=C(C)O.CC(=[OH+])C=C(C)O.CC(C)(C)c1ccc2c(-c3[c-]cccc3)nccc2c1.CC1(C)c2ccccc2-c2c[c-]c(-c3ccc4ccccc4n3)cc21.Cc1cccc(C)c1-c1cnc2c3[c-]cccc3c3ccccc3n12.[Ir].[Ir].[Ir].[Ir].[Ir].[c-]1ccccc1-c1ccc2ccccc2n1.[c-]1ccccc1-c1nccc2ccccc12. The molecule has 0 saturated carbocycles. The molecule has 0 amide bonds. The first-order valence-corrected chi connectivity index (χ1v) is 40.7. The molecule has 6 heterocycles. The van der Waals surface area contributed by atoms with Crippen LogP contribution in [-0.4, -0.2) is 76.4 Å². The van der Waals surface area contributed by atoms with Crippen molar-refractivity contribution < 1.29 is 130 Å². The summed E-state index contributed by atoms with van der Waals surface area (Å²) in [6.45, 7) is 24.6. The summed E-state index contributed by atoms with van der Waals surface area (Å²) in [6.07, 6.45) is 9.56.